The molecule has 0 atom stereocenters. The van der Waals surface area contributed by atoms with Gasteiger partial charge in [-0.25, -0.2) is 4.98 Å². The van der Waals surface area contributed by atoms with Crippen molar-refractivity contribution in [2.45, 2.75) is 32.6 Å². The number of nitrogens with zero attached hydrogens (tertiary/aromatic N) is 2. The first-order valence-electron chi connectivity index (χ1n) is 8.74. The summed E-state index contributed by atoms with van der Waals surface area (Å²) in [4.78, 5) is 8.91. The molecule has 0 saturated carbocycles. The highest BCUT2D eigenvalue weighted by Gasteiger charge is 2.06. The maximum atomic E-state index is 6.27. The maximum Gasteiger partial charge on any atom is 0.190 e. The molecule has 0 aliphatic heterocycles. The Morgan fingerprint density at radius 2 is 1.96 bits per heavy atom. The van der Waals surface area contributed by atoms with Crippen LogP contribution in [0.25, 0.3) is 0 Å². The second kappa shape index (κ2) is 12.4. The Balaban J connectivity index is 0.00000364. The van der Waals surface area contributed by atoms with Crippen LogP contribution in [0.1, 0.15) is 36.0 Å². The van der Waals surface area contributed by atoms with E-state index in [2.05, 4.69) is 39.8 Å². The number of nitrogens with one attached hydrogen (secondary N) is 2. The third-order valence-corrected chi connectivity index (χ3v) is 5.45. The molecular weight excluding hydrogens is 495 g/mol. The third-order valence-electron chi connectivity index (χ3n) is 3.91. The second-order valence-electron chi connectivity index (χ2n) is 6.21. The Kier molecular flexibility index (Phi) is 11.0. The van der Waals surface area contributed by atoms with E-state index in [1.165, 1.54) is 5.01 Å². The first kappa shape index (κ1) is 24.0. The molecule has 8 heteroatoms. The van der Waals surface area contributed by atoms with Crippen LogP contribution in [0.3, 0.4) is 0 Å². The first-order valence-corrected chi connectivity index (χ1v) is 10.0. The van der Waals surface area contributed by atoms with E-state index in [1.807, 2.05) is 18.2 Å². The molecule has 0 aliphatic carbocycles. The molecule has 0 fully saturated rings. The molecule has 0 radical (unpaired) electrons. The number of rotatable bonds is 8. The van der Waals surface area contributed by atoms with E-state index >= 15 is 0 Å². The maximum absolute atomic E-state index is 6.27. The fourth-order valence-corrected chi connectivity index (χ4v) is 3.54. The largest absolute Gasteiger partial charge is 0.497 e. The minimum Gasteiger partial charge on any atom is -0.497 e. The minimum atomic E-state index is 0. The Hall–Kier alpha value is -1.06. The van der Waals surface area contributed by atoms with Gasteiger partial charge in [0.2, 0.25) is 0 Å². The zero-order valence-electron chi connectivity index (χ0n) is 16.2. The van der Waals surface area contributed by atoms with Gasteiger partial charge in [0.15, 0.2) is 5.96 Å². The average Bonchev–Trinajstić information content (AvgIpc) is 3.10. The van der Waals surface area contributed by atoms with Crippen LogP contribution in [-0.4, -0.2) is 38.2 Å². The number of methoxy groups -OCH3 is 1. The standard InChI is InChI=1S/C19H27ClN4OS.HI/c1-13(2)18-24-15(12-26-18)8-10-23-19(21-3)22-9-7-14-5-6-16(25-4)11-17(14)20;/h5-6,11-13H,7-10H2,1-4H3,(H2,21,22,23);1H. The van der Waals surface area contributed by atoms with E-state index in [1.54, 1.807) is 25.5 Å². The summed E-state index contributed by atoms with van der Waals surface area (Å²) in [7, 11) is 3.41. The predicted octanol–water partition coefficient (Wildman–Crippen LogP) is 4.50. The van der Waals surface area contributed by atoms with Gasteiger partial charge >= 0.3 is 0 Å². The van der Waals surface area contributed by atoms with Gasteiger partial charge in [0, 0.05) is 42.9 Å². The molecule has 0 bridgehead atoms. The lowest BCUT2D eigenvalue weighted by molar-refractivity contribution is 0.414. The van der Waals surface area contributed by atoms with Crippen molar-refractivity contribution in [1.29, 1.82) is 0 Å². The number of aromatic nitrogens is 1. The molecule has 1 aromatic carbocycles. The summed E-state index contributed by atoms with van der Waals surface area (Å²) < 4.78 is 5.17. The predicted molar refractivity (Wildman–Crippen MR) is 126 cm³/mol. The van der Waals surface area contributed by atoms with Crippen molar-refractivity contribution in [3.8, 4) is 5.75 Å². The lowest BCUT2D eigenvalue weighted by Gasteiger charge is -2.12. The molecule has 2 aromatic rings. The monoisotopic (exact) mass is 522 g/mol. The van der Waals surface area contributed by atoms with E-state index in [9.17, 15) is 0 Å². The molecule has 0 unspecified atom stereocenters. The van der Waals surface area contributed by atoms with E-state index in [-0.39, 0.29) is 24.0 Å². The quantitative estimate of drug-likeness (QED) is 0.305. The highest BCUT2D eigenvalue weighted by molar-refractivity contribution is 14.0. The fraction of sp³-hybridized carbons (Fsp3) is 0.474. The first-order chi connectivity index (χ1) is 12.5. The summed E-state index contributed by atoms with van der Waals surface area (Å²) in [5.74, 6) is 2.04. The summed E-state index contributed by atoms with van der Waals surface area (Å²) in [6.45, 7) is 5.88. The third kappa shape index (κ3) is 7.83. The number of thiazole rings is 1. The van der Waals surface area contributed by atoms with Crippen LogP contribution in [0.5, 0.6) is 5.75 Å². The van der Waals surface area contributed by atoms with Crippen molar-refractivity contribution in [3.63, 3.8) is 0 Å². The van der Waals surface area contributed by atoms with E-state index < -0.39 is 0 Å². The van der Waals surface area contributed by atoms with Crippen molar-refractivity contribution in [2.75, 3.05) is 27.2 Å². The number of guanidine groups is 1. The SMILES string of the molecule is CN=C(NCCc1csc(C(C)C)n1)NCCc1ccc(OC)cc1Cl.I. The van der Waals surface area contributed by atoms with Gasteiger partial charge in [-0.05, 0) is 24.1 Å². The Morgan fingerprint density at radius 1 is 1.26 bits per heavy atom. The molecule has 2 rings (SSSR count). The molecule has 1 aromatic heterocycles. The van der Waals surface area contributed by atoms with Crippen LogP contribution in [0, 0.1) is 0 Å². The van der Waals surface area contributed by atoms with Gasteiger partial charge in [0.25, 0.3) is 0 Å². The second-order valence-corrected chi connectivity index (χ2v) is 7.51. The number of hydrogen-bond acceptors (Lipinski definition) is 4. The van der Waals surface area contributed by atoms with Crippen LogP contribution < -0.4 is 15.4 Å². The van der Waals surface area contributed by atoms with Crippen molar-refractivity contribution in [1.82, 2.24) is 15.6 Å². The van der Waals surface area contributed by atoms with Crippen molar-refractivity contribution >= 4 is 52.9 Å². The average molecular weight is 523 g/mol. The van der Waals surface area contributed by atoms with E-state index in [0.29, 0.717) is 5.92 Å². The molecule has 0 saturated heterocycles. The van der Waals surface area contributed by atoms with Gasteiger partial charge in [-0.15, -0.1) is 35.3 Å². The number of aliphatic imine (C=N–C) groups is 1. The topological polar surface area (TPSA) is 58.5 Å². The van der Waals surface area contributed by atoms with Gasteiger partial charge in [-0.3, -0.25) is 4.99 Å². The van der Waals surface area contributed by atoms with Crippen molar-refractivity contribution in [2.24, 2.45) is 4.99 Å². The van der Waals surface area contributed by atoms with Crippen LogP contribution in [0.4, 0.5) is 0 Å². The Morgan fingerprint density at radius 3 is 2.52 bits per heavy atom. The minimum absolute atomic E-state index is 0. The molecule has 5 nitrogen and oxygen atoms in total. The lowest BCUT2D eigenvalue weighted by Crippen LogP contribution is -2.39. The van der Waals surface area contributed by atoms with Crippen LogP contribution >= 0.6 is 46.9 Å². The molecule has 27 heavy (non-hydrogen) atoms. The molecule has 0 aliphatic rings. The number of ether oxygens (including phenoxy) is 1. The number of halogens is 2. The summed E-state index contributed by atoms with van der Waals surface area (Å²) in [6.07, 6.45) is 1.70. The number of hydrogen-bond donors (Lipinski definition) is 2. The van der Waals surface area contributed by atoms with E-state index in [4.69, 9.17) is 16.3 Å². The summed E-state index contributed by atoms with van der Waals surface area (Å²) in [5, 5.41) is 10.7. The molecule has 150 valence electrons. The van der Waals surface area contributed by atoms with Crippen LogP contribution in [0.15, 0.2) is 28.6 Å². The van der Waals surface area contributed by atoms with Gasteiger partial charge < -0.3 is 15.4 Å². The van der Waals surface area contributed by atoms with Gasteiger partial charge in [0.05, 0.1) is 17.8 Å². The van der Waals surface area contributed by atoms with Crippen molar-refractivity contribution < 1.29 is 4.74 Å². The smallest absolute Gasteiger partial charge is 0.190 e. The molecule has 2 N–H and O–H groups in total. The molecule has 1 heterocycles. The Bertz CT molecular complexity index is 736. The van der Waals surface area contributed by atoms with Crippen LogP contribution in [0.2, 0.25) is 5.02 Å². The summed E-state index contributed by atoms with van der Waals surface area (Å²) in [5.41, 5.74) is 2.21. The fourth-order valence-electron chi connectivity index (χ4n) is 2.41. The van der Waals surface area contributed by atoms with Gasteiger partial charge in [-0.1, -0.05) is 31.5 Å². The summed E-state index contributed by atoms with van der Waals surface area (Å²) >= 11 is 8.00. The lowest BCUT2D eigenvalue weighted by atomic mass is 10.1. The molecular formula is C19H28ClIN4OS. The zero-order valence-corrected chi connectivity index (χ0v) is 20.1. The number of benzene rings is 1. The molecule has 0 spiro atoms. The van der Waals surface area contributed by atoms with Gasteiger partial charge in [-0.2, -0.15) is 0 Å². The highest BCUT2D eigenvalue weighted by Crippen LogP contribution is 2.22. The Labute approximate surface area is 188 Å². The normalized spacial score (nSPS) is 11.3. The summed E-state index contributed by atoms with van der Waals surface area (Å²) in [6, 6.07) is 5.75. The van der Waals surface area contributed by atoms with Crippen molar-refractivity contribution in [3.05, 3.63) is 44.9 Å². The van der Waals surface area contributed by atoms with Crippen LogP contribution in [-0.2, 0) is 12.8 Å². The highest BCUT2D eigenvalue weighted by atomic mass is 127. The molecule has 0 amide bonds. The zero-order chi connectivity index (χ0) is 18.9. The van der Waals surface area contributed by atoms with Gasteiger partial charge in [0.1, 0.15) is 5.75 Å². The van der Waals surface area contributed by atoms with E-state index in [0.717, 1.165) is 53.9 Å².